The number of para-hydroxylation sites is 2. The van der Waals surface area contributed by atoms with Gasteiger partial charge in [0.15, 0.2) is 0 Å². The van der Waals surface area contributed by atoms with E-state index >= 15 is 0 Å². The van der Waals surface area contributed by atoms with Crippen molar-refractivity contribution in [2.75, 3.05) is 4.90 Å². The SMILES string of the molecule is C1=CC(c2ccc(N(C3=CCC(c4ccccc4)C=C3)c3ccc(-c4ccc5c(c4)oc4ccccc45)cc3)cc2)=C2c3ccccc3OC2C1. The topological polar surface area (TPSA) is 25.6 Å². The first-order valence-corrected chi connectivity index (χ1v) is 17.8. The van der Waals surface area contributed by atoms with Crippen LogP contribution in [0.25, 0.3) is 44.2 Å². The summed E-state index contributed by atoms with van der Waals surface area (Å²) in [5, 5.41) is 2.29. The maximum atomic E-state index is 6.34. The molecule has 3 heteroatoms. The zero-order chi connectivity index (χ0) is 33.7. The van der Waals surface area contributed by atoms with Crippen LogP contribution in [0.3, 0.4) is 0 Å². The maximum absolute atomic E-state index is 6.34. The summed E-state index contributed by atoms with van der Waals surface area (Å²) in [6, 6.07) is 51.9. The van der Waals surface area contributed by atoms with Crippen molar-refractivity contribution in [3.8, 4) is 16.9 Å². The molecule has 3 aliphatic rings. The van der Waals surface area contributed by atoms with Gasteiger partial charge in [0.25, 0.3) is 0 Å². The fourth-order valence-corrected chi connectivity index (χ4v) is 7.98. The Labute approximate surface area is 297 Å². The molecule has 51 heavy (non-hydrogen) atoms. The quantitative estimate of drug-likeness (QED) is 0.178. The molecule has 2 unspecified atom stereocenters. The Morgan fingerprint density at radius 3 is 2.08 bits per heavy atom. The lowest BCUT2D eigenvalue weighted by atomic mass is 9.87. The fourth-order valence-electron chi connectivity index (χ4n) is 7.98. The standard InChI is InChI=1S/C48H35NO2/c1-2-9-32(10-3-1)33-17-24-37(25-18-33)49(38-26-19-34(20-27-38)36-23-30-42-41-11-4-6-14-44(41)51-47(42)31-36)39-28-21-35(22-29-39)40-13-8-16-46-48(40)43-12-5-7-15-45(43)50-46/h1-15,17,19-31,33,46H,16,18H2. The highest BCUT2D eigenvalue weighted by Crippen LogP contribution is 2.46. The largest absolute Gasteiger partial charge is 0.485 e. The Bertz CT molecular complexity index is 2550. The van der Waals surface area contributed by atoms with Crippen molar-refractivity contribution in [3.63, 3.8) is 0 Å². The Morgan fingerprint density at radius 1 is 0.569 bits per heavy atom. The second-order valence-corrected chi connectivity index (χ2v) is 13.5. The van der Waals surface area contributed by atoms with Crippen LogP contribution < -0.4 is 9.64 Å². The summed E-state index contributed by atoms with van der Waals surface area (Å²) in [6.45, 7) is 0. The fraction of sp³-hybridized carbons (Fsp3) is 0.0833. The lowest BCUT2D eigenvalue weighted by Crippen LogP contribution is -2.17. The average molecular weight is 658 g/mol. The van der Waals surface area contributed by atoms with Gasteiger partial charge in [-0.15, -0.1) is 0 Å². The van der Waals surface area contributed by atoms with Gasteiger partial charge in [0, 0.05) is 51.3 Å². The van der Waals surface area contributed by atoms with Crippen LogP contribution in [0.4, 0.5) is 11.4 Å². The Morgan fingerprint density at radius 2 is 1.27 bits per heavy atom. The Kier molecular flexibility index (Phi) is 7.09. The predicted octanol–water partition coefficient (Wildman–Crippen LogP) is 12.7. The number of fused-ring (bicyclic) bond motifs is 6. The molecule has 6 aromatic carbocycles. The third kappa shape index (κ3) is 5.21. The van der Waals surface area contributed by atoms with Crippen molar-refractivity contribution >= 4 is 44.5 Å². The molecule has 1 aromatic heterocycles. The van der Waals surface area contributed by atoms with Gasteiger partial charge in [-0.1, -0.05) is 121 Å². The monoisotopic (exact) mass is 657 g/mol. The normalized spacial score (nSPS) is 17.7. The predicted molar refractivity (Wildman–Crippen MR) is 210 cm³/mol. The van der Waals surface area contributed by atoms with Crippen LogP contribution >= 0.6 is 0 Å². The number of hydrogen-bond acceptors (Lipinski definition) is 3. The third-order valence-electron chi connectivity index (χ3n) is 10.5. The second-order valence-electron chi connectivity index (χ2n) is 13.5. The maximum Gasteiger partial charge on any atom is 0.136 e. The molecule has 0 bridgehead atoms. The summed E-state index contributed by atoms with van der Waals surface area (Å²) in [5.41, 5.74) is 13.8. The number of nitrogens with zero attached hydrogens (tertiary/aromatic N) is 1. The summed E-state index contributed by atoms with van der Waals surface area (Å²) in [7, 11) is 0. The van der Waals surface area contributed by atoms with Crippen molar-refractivity contribution in [2.24, 2.45) is 0 Å². The van der Waals surface area contributed by atoms with Gasteiger partial charge in [0.05, 0.1) is 0 Å². The molecule has 3 nitrogen and oxygen atoms in total. The molecule has 244 valence electrons. The lowest BCUT2D eigenvalue weighted by molar-refractivity contribution is 0.279. The molecule has 0 fully saturated rings. The molecule has 1 aliphatic heterocycles. The molecule has 7 aromatic rings. The lowest BCUT2D eigenvalue weighted by Gasteiger charge is -2.29. The van der Waals surface area contributed by atoms with Gasteiger partial charge in [0.1, 0.15) is 23.0 Å². The van der Waals surface area contributed by atoms with Crippen LogP contribution in [0.15, 0.2) is 186 Å². The van der Waals surface area contributed by atoms with Crippen LogP contribution in [-0.4, -0.2) is 6.10 Å². The zero-order valence-electron chi connectivity index (χ0n) is 28.1. The average Bonchev–Trinajstić information content (AvgIpc) is 3.77. The molecule has 0 amide bonds. The third-order valence-corrected chi connectivity index (χ3v) is 10.5. The Balaban J connectivity index is 1.01. The van der Waals surface area contributed by atoms with E-state index in [0.29, 0.717) is 5.92 Å². The van der Waals surface area contributed by atoms with Crippen molar-refractivity contribution in [3.05, 3.63) is 198 Å². The summed E-state index contributed by atoms with van der Waals surface area (Å²) in [4.78, 5) is 2.37. The second kappa shape index (κ2) is 12.2. The van der Waals surface area contributed by atoms with Gasteiger partial charge < -0.3 is 14.1 Å². The van der Waals surface area contributed by atoms with Crippen molar-refractivity contribution in [1.29, 1.82) is 0 Å². The number of anilines is 2. The molecule has 0 spiro atoms. The van der Waals surface area contributed by atoms with Gasteiger partial charge in [0.2, 0.25) is 0 Å². The summed E-state index contributed by atoms with van der Waals surface area (Å²) < 4.78 is 12.6. The van der Waals surface area contributed by atoms with E-state index in [4.69, 9.17) is 9.15 Å². The van der Waals surface area contributed by atoms with Gasteiger partial charge in [-0.2, -0.15) is 0 Å². The summed E-state index contributed by atoms with van der Waals surface area (Å²) in [6.07, 6.45) is 13.4. The van der Waals surface area contributed by atoms with Gasteiger partial charge in [-0.3, -0.25) is 0 Å². The van der Waals surface area contributed by atoms with Crippen LogP contribution in [0.5, 0.6) is 5.75 Å². The molecule has 2 atom stereocenters. The highest BCUT2D eigenvalue weighted by Gasteiger charge is 2.32. The first kappa shape index (κ1) is 29.6. The molecular weight excluding hydrogens is 623 g/mol. The van der Waals surface area contributed by atoms with Crippen LogP contribution in [-0.2, 0) is 0 Å². The highest BCUT2D eigenvalue weighted by molar-refractivity contribution is 6.06. The van der Waals surface area contributed by atoms with E-state index in [0.717, 1.165) is 63.0 Å². The van der Waals surface area contributed by atoms with E-state index in [2.05, 4.69) is 169 Å². The van der Waals surface area contributed by atoms with Crippen LogP contribution in [0.1, 0.15) is 35.4 Å². The number of furan rings is 1. The molecule has 10 rings (SSSR count). The number of allylic oxidation sites excluding steroid dienone is 5. The molecular formula is C48H35NO2. The van der Waals surface area contributed by atoms with Gasteiger partial charge >= 0.3 is 0 Å². The van der Waals surface area contributed by atoms with E-state index in [1.807, 2.05) is 12.1 Å². The first-order valence-electron chi connectivity index (χ1n) is 17.8. The molecule has 0 radical (unpaired) electrons. The van der Waals surface area contributed by atoms with E-state index in [1.165, 1.54) is 33.5 Å². The van der Waals surface area contributed by atoms with Gasteiger partial charge in [-0.05, 0) is 88.9 Å². The summed E-state index contributed by atoms with van der Waals surface area (Å²) in [5.74, 6) is 1.35. The number of rotatable bonds is 6. The zero-order valence-corrected chi connectivity index (χ0v) is 28.1. The van der Waals surface area contributed by atoms with E-state index in [1.54, 1.807) is 0 Å². The minimum Gasteiger partial charge on any atom is -0.485 e. The number of benzene rings is 6. The van der Waals surface area contributed by atoms with Gasteiger partial charge in [-0.25, -0.2) is 0 Å². The van der Waals surface area contributed by atoms with E-state index < -0.39 is 0 Å². The molecule has 0 saturated heterocycles. The highest BCUT2D eigenvalue weighted by atomic mass is 16.5. The van der Waals surface area contributed by atoms with Crippen LogP contribution in [0.2, 0.25) is 0 Å². The minimum absolute atomic E-state index is 0.0692. The van der Waals surface area contributed by atoms with Crippen molar-refractivity contribution in [1.82, 2.24) is 0 Å². The summed E-state index contributed by atoms with van der Waals surface area (Å²) >= 11 is 0. The first-order chi connectivity index (χ1) is 25.3. The smallest absolute Gasteiger partial charge is 0.136 e. The van der Waals surface area contributed by atoms with E-state index in [-0.39, 0.29) is 6.10 Å². The van der Waals surface area contributed by atoms with E-state index in [9.17, 15) is 0 Å². The van der Waals surface area contributed by atoms with Crippen LogP contribution in [0, 0.1) is 0 Å². The molecule has 2 aliphatic carbocycles. The molecule has 0 N–H and O–H groups in total. The number of ether oxygens (including phenoxy) is 1. The van der Waals surface area contributed by atoms with Crippen molar-refractivity contribution < 1.29 is 9.15 Å². The molecule has 2 heterocycles. The molecule has 0 saturated carbocycles. The Hall–Kier alpha value is -6.32. The minimum atomic E-state index is 0.0692. The number of hydrogen-bond donors (Lipinski definition) is 0. The van der Waals surface area contributed by atoms with Crippen molar-refractivity contribution in [2.45, 2.75) is 24.9 Å².